The molecule has 0 saturated heterocycles. The lowest BCUT2D eigenvalue weighted by Gasteiger charge is -2.36. The topological polar surface area (TPSA) is 9.23 Å². The molecular formula is C15H19ClF2O. The maximum absolute atomic E-state index is 13.5. The van der Waals surface area contributed by atoms with Gasteiger partial charge in [-0.05, 0) is 50.7 Å². The van der Waals surface area contributed by atoms with E-state index >= 15 is 0 Å². The second-order valence-electron chi connectivity index (χ2n) is 5.15. The zero-order valence-corrected chi connectivity index (χ0v) is 11.8. The van der Waals surface area contributed by atoms with E-state index in [1.54, 1.807) is 0 Å². The molecule has 0 spiro atoms. The molecule has 1 saturated carbocycles. The maximum atomic E-state index is 13.5. The van der Waals surface area contributed by atoms with Crippen LogP contribution >= 0.6 is 11.6 Å². The lowest BCUT2D eigenvalue weighted by atomic mass is 9.78. The van der Waals surface area contributed by atoms with Gasteiger partial charge in [-0.2, -0.15) is 0 Å². The van der Waals surface area contributed by atoms with Gasteiger partial charge in [0.15, 0.2) is 0 Å². The van der Waals surface area contributed by atoms with Crippen molar-refractivity contribution in [1.82, 2.24) is 0 Å². The molecule has 0 N–H and O–H groups in total. The Balaban J connectivity index is 1.81. The maximum Gasteiger partial charge on any atom is 0.129 e. The molecule has 0 bridgehead atoms. The summed E-state index contributed by atoms with van der Waals surface area (Å²) in [6, 6.07) is 3.92. The molecule has 106 valence electrons. The zero-order chi connectivity index (χ0) is 13.8. The van der Waals surface area contributed by atoms with Gasteiger partial charge in [0.25, 0.3) is 0 Å². The number of alkyl halides is 1. The van der Waals surface area contributed by atoms with Gasteiger partial charge in [0.2, 0.25) is 0 Å². The highest BCUT2D eigenvalue weighted by molar-refractivity contribution is 6.20. The van der Waals surface area contributed by atoms with Gasteiger partial charge in [0.1, 0.15) is 11.6 Å². The first-order valence-electron chi connectivity index (χ1n) is 6.78. The summed E-state index contributed by atoms with van der Waals surface area (Å²) >= 11 is 6.22. The van der Waals surface area contributed by atoms with E-state index in [0.717, 1.165) is 25.9 Å². The predicted octanol–water partition coefficient (Wildman–Crippen LogP) is 4.32. The van der Waals surface area contributed by atoms with Crippen molar-refractivity contribution in [2.45, 2.75) is 44.1 Å². The Morgan fingerprint density at radius 2 is 1.95 bits per heavy atom. The van der Waals surface area contributed by atoms with Crippen LogP contribution in [0.5, 0.6) is 0 Å². The Hall–Kier alpha value is -0.670. The van der Waals surface area contributed by atoms with Crippen LogP contribution in [0.15, 0.2) is 18.2 Å². The van der Waals surface area contributed by atoms with E-state index in [1.165, 1.54) is 18.2 Å². The highest BCUT2D eigenvalue weighted by Crippen LogP contribution is 2.35. The average Bonchev–Trinajstić information content (AvgIpc) is 2.31. The van der Waals surface area contributed by atoms with Crippen molar-refractivity contribution >= 4 is 11.6 Å². The molecule has 1 aliphatic carbocycles. The standard InChI is InChI=1S/C15H19ClF2O/c1-2-19-12-7-10(8-12)6-11(16)9-13-14(17)4-3-5-15(13)18/h3-5,10-12H,2,6-9H2,1H3. The van der Waals surface area contributed by atoms with E-state index in [1.807, 2.05) is 6.92 Å². The monoisotopic (exact) mass is 288 g/mol. The predicted molar refractivity (Wildman–Crippen MR) is 72.5 cm³/mol. The van der Waals surface area contributed by atoms with Gasteiger partial charge < -0.3 is 4.74 Å². The Labute approximate surface area is 117 Å². The van der Waals surface area contributed by atoms with Crippen molar-refractivity contribution in [1.29, 1.82) is 0 Å². The van der Waals surface area contributed by atoms with Crippen LogP contribution in [0.4, 0.5) is 8.78 Å². The van der Waals surface area contributed by atoms with Gasteiger partial charge in [-0.25, -0.2) is 8.78 Å². The Morgan fingerprint density at radius 3 is 2.53 bits per heavy atom. The Bertz CT molecular complexity index is 398. The fourth-order valence-corrected chi connectivity index (χ4v) is 3.04. The molecule has 2 rings (SSSR count). The molecule has 1 unspecified atom stereocenters. The fraction of sp³-hybridized carbons (Fsp3) is 0.600. The molecule has 1 nitrogen and oxygen atoms in total. The molecule has 0 aromatic heterocycles. The Kier molecular flexibility index (Phi) is 5.17. The summed E-state index contributed by atoms with van der Waals surface area (Å²) in [7, 11) is 0. The number of benzene rings is 1. The van der Waals surface area contributed by atoms with E-state index < -0.39 is 11.6 Å². The normalized spacial score (nSPS) is 24.0. The molecule has 0 heterocycles. The first kappa shape index (κ1) is 14.7. The molecule has 1 aliphatic rings. The van der Waals surface area contributed by atoms with Gasteiger partial charge >= 0.3 is 0 Å². The highest BCUT2D eigenvalue weighted by Gasteiger charge is 2.31. The van der Waals surface area contributed by atoms with Crippen molar-refractivity contribution in [2.75, 3.05) is 6.61 Å². The minimum atomic E-state index is -0.508. The molecule has 0 aliphatic heterocycles. The summed E-state index contributed by atoms with van der Waals surface area (Å²) in [5.41, 5.74) is 0.100. The molecule has 0 amide bonds. The molecule has 4 heteroatoms. The van der Waals surface area contributed by atoms with Crippen molar-refractivity contribution in [3.63, 3.8) is 0 Å². The van der Waals surface area contributed by atoms with Gasteiger partial charge in [0.05, 0.1) is 6.10 Å². The van der Waals surface area contributed by atoms with Crippen molar-refractivity contribution in [3.8, 4) is 0 Å². The third kappa shape index (κ3) is 3.90. The summed E-state index contributed by atoms with van der Waals surface area (Å²) in [5, 5.41) is -0.223. The molecule has 1 aromatic carbocycles. The molecule has 1 aromatic rings. The van der Waals surface area contributed by atoms with Gasteiger partial charge in [-0.3, -0.25) is 0 Å². The van der Waals surface area contributed by atoms with E-state index in [2.05, 4.69) is 0 Å². The third-order valence-electron chi connectivity index (χ3n) is 3.67. The first-order chi connectivity index (χ1) is 9.10. The first-order valence-corrected chi connectivity index (χ1v) is 7.22. The smallest absolute Gasteiger partial charge is 0.129 e. The van der Waals surface area contributed by atoms with Crippen molar-refractivity contribution in [3.05, 3.63) is 35.4 Å². The van der Waals surface area contributed by atoms with Gasteiger partial charge in [-0.15, -0.1) is 11.6 Å². The van der Waals surface area contributed by atoms with Crippen LogP contribution in [0, 0.1) is 17.6 Å². The van der Waals surface area contributed by atoms with Crippen LogP contribution < -0.4 is 0 Å². The van der Waals surface area contributed by atoms with E-state index in [4.69, 9.17) is 16.3 Å². The summed E-state index contributed by atoms with van der Waals surface area (Å²) in [6.45, 7) is 2.72. The quantitative estimate of drug-likeness (QED) is 0.708. The Morgan fingerprint density at radius 1 is 1.32 bits per heavy atom. The van der Waals surface area contributed by atoms with E-state index in [-0.39, 0.29) is 17.4 Å². The number of hydrogen-bond acceptors (Lipinski definition) is 1. The molecule has 0 radical (unpaired) electrons. The fourth-order valence-electron chi connectivity index (χ4n) is 2.63. The molecule has 19 heavy (non-hydrogen) atoms. The van der Waals surface area contributed by atoms with Crippen LogP contribution in [-0.2, 0) is 11.2 Å². The average molecular weight is 289 g/mol. The van der Waals surface area contributed by atoms with Crippen LogP contribution in [0.3, 0.4) is 0 Å². The lowest BCUT2D eigenvalue weighted by Crippen LogP contribution is -2.33. The second-order valence-corrected chi connectivity index (χ2v) is 5.77. The van der Waals surface area contributed by atoms with Crippen molar-refractivity contribution < 1.29 is 13.5 Å². The van der Waals surface area contributed by atoms with E-state index in [0.29, 0.717) is 12.0 Å². The third-order valence-corrected chi connectivity index (χ3v) is 4.00. The number of ether oxygens (including phenoxy) is 1. The summed E-state index contributed by atoms with van der Waals surface area (Å²) in [6.07, 6.45) is 3.41. The minimum Gasteiger partial charge on any atom is -0.378 e. The largest absolute Gasteiger partial charge is 0.378 e. The van der Waals surface area contributed by atoms with Gasteiger partial charge in [0, 0.05) is 17.5 Å². The van der Waals surface area contributed by atoms with Gasteiger partial charge in [-0.1, -0.05) is 6.07 Å². The number of hydrogen-bond donors (Lipinski definition) is 0. The van der Waals surface area contributed by atoms with Crippen LogP contribution in [0.2, 0.25) is 0 Å². The molecule has 1 fully saturated rings. The zero-order valence-electron chi connectivity index (χ0n) is 11.0. The van der Waals surface area contributed by atoms with Crippen LogP contribution in [0.25, 0.3) is 0 Å². The molecule has 1 atom stereocenters. The SMILES string of the molecule is CCOC1CC(CC(Cl)Cc2c(F)cccc2F)C1. The van der Waals surface area contributed by atoms with Crippen molar-refractivity contribution in [2.24, 2.45) is 5.92 Å². The summed E-state index contributed by atoms with van der Waals surface area (Å²) in [5.74, 6) is -0.494. The van der Waals surface area contributed by atoms with E-state index in [9.17, 15) is 8.78 Å². The second kappa shape index (κ2) is 6.67. The lowest BCUT2D eigenvalue weighted by molar-refractivity contribution is -0.0266. The highest BCUT2D eigenvalue weighted by atomic mass is 35.5. The number of rotatable bonds is 6. The summed E-state index contributed by atoms with van der Waals surface area (Å²) < 4.78 is 32.5. The summed E-state index contributed by atoms with van der Waals surface area (Å²) in [4.78, 5) is 0. The minimum absolute atomic E-state index is 0.100. The molecular weight excluding hydrogens is 270 g/mol. The van der Waals surface area contributed by atoms with Crippen LogP contribution in [-0.4, -0.2) is 18.1 Å². The number of halogens is 3. The van der Waals surface area contributed by atoms with Crippen LogP contribution in [0.1, 0.15) is 31.7 Å².